The molecule has 0 N–H and O–H groups in total. The fourth-order valence-electron chi connectivity index (χ4n) is 1.49. The van der Waals surface area contributed by atoms with E-state index >= 15 is 0 Å². The van der Waals surface area contributed by atoms with Gasteiger partial charge in [-0.3, -0.25) is 4.79 Å². The summed E-state index contributed by atoms with van der Waals surface area (Å²) in [6.45, 7) is 1.70. The Hall–Kier alpha value is -2.19. The summed E-state index contributed by atoms with van der Waals surface area (Å²) in [4.78, 5) is 15.9. The number of hydrogen-bond donors (Lipinski definition) is 0. The van der Waals surface area contributed by atoms with Crippen molar-refractivity contribution in [2.45, 2.75) is 13.0 Å². The largest absolute Gasteiger partial charge is 0.292 e. The summed E-state index contributed by atoms with van der Waals surface area (Å²) in [5.41, 5.74) is 0.543. The number of nitriles is 1. The SMILES string of the molecule is CC(C(=O)c1ccc(Cl)cc1)n1cnc(C#N)n1. The van der Waals surface area contributed by atoms with Crippen molar-refractivity contribution in [2.75, 3.05) is 0 Å². The molecule has 6 heteroatoms. The zero-order chi connectivity index (χ0) is 13.1. The van der Waals surface area contributed by atoms with Crippen molar-refractivity contribution in [1.82, 2.24) is 14.8 Å². The number of Topliss-reactive ketones (excluding diaryl/α,β-unsaturated/α-hetero) is 1. The number of hydrogen-bond acceptors (Lipinski definition) is 4. The van der Waals surface area contributed by atoms with Gasteiger partial charge in [-0.1, -0.05) is 11.6 Å². The molecule has 0 saturated heterocycles. The Balaban J connectivity index is 2.23. The van der Waals surface area contributed by atoms with E-state index in [4.69, 9.17) is 16.9 Å². The number of halogens is 1. The Morgan fingerprint density at radius 1 is 1.44 bits per heavy atom. The average molecular weight is 261 g/mol. The van der Waals surface area contributed by atoms with Crippen molar-refractivity contribution in [3.8, 4) is 6.07 Å². The molecule has 0 radical (unpaired) electrons. The van der Waals surface area contributed by atoms with Crippen molar-refractivity contribution < 1.29 is 4.79 Å². The van der Waals surface area contributed by atoms with E-state index in [2.05, 4.69) is 10.1 Å². The lowest BCUT2D eigenvalue weighted by atomic mass is 10.1. The van der Waals surface area contributed by atoms with Crippen LogP contribution in [0.2, 0.25) is 5.02 Å². The summed E-state index contributed by atoms with van der Waals surface area (Å²) in [5.74, 6) is -0.0631. The topological polar surface area (TPSA) is 71.6 Å². The van der Waals surface area contributed by atoms with Crippen molar-refractivity contribution in [1.29, 1.82) is 5.26 Å². The Morgan fingerprint density at radius 3 is 2.67 bits per heavy atom. The maximum atomic E-state index is 12.1. The number of ketones is 1. The highest BCUT2D eigenvalue weighted by Crippen LogP contribution is 2.15. The minimum Gasteiger partial charge on any atom is -0.292 e. The molecular formula is C12H9ClN4O. The van der Waals surface area contributed by atoms with E-state index in [0.29, 0.717) is 10.6 Å². The van der Waals surface area contributed by atoms with E-state index in [1.807, 2.05) is 6.07 Å². The number of rotatable bonds is 3. The molecule has 0 aliphatic carbocycles. The molecule has 90 valence electrons. The summed E-state index contributed by atoms with van der Waals surface area (Å²) in [5, 5.41) is 13.1. The standard InChI is InChI=1S/C12H9ClN4O/c1-8(17-7-15-11(6-14)16-17)12(18)9-2-4-10(13)5-3-9/h2-5,7-8H,1H3. The van der Waals surface area contributed by atoms with Crippen molar-refractivity contribution in [2.24, 2.45) is 0 Å². The number of benzene rings is 1. The molecular weight excluding hydrogens is 252 g/mol. The zero-order valence-electron chi connectivity index (χ0n) is 9.54. The van der Waals surface area contributed by atoms with E-state index in [-0.39, 0.29) is 11.6 Å². The monoisotopic (exact) mass is 260 g/mol. The minimum atomic E-state index is -0.513. The predicted molar refractivity (Wildman–Crippen MR) is 65.2 cm³/mol. The maximum Gasteiger partial charge on any atom is 0.252 e. The predicted octanol–water partition coefficient (Wildman–Crippen LogP) is 2.25. The molecule has 18 heavy (non-hydrogen) atoms. The van der Waals surface area contributed by atoms with Gasteiger partial charge in [0.15, 0.2) is 5.78 Å². The Morgan fingerprint density at radius 2 is 2.11 bits per heavy atom. The van der Waals surface area contributed by atoms with Crippen molar-refractivity contribution in [3.63, 3.8) is 0 Å². The molecule has 1 aromatic carbocycles. The van der Waals surface area contributed by atoms with Crippen LogP contribution in [-0.2, 0) is 0 Å². The molecule has 2 rings (SSSR count). The van der Waals surface area contributed by atoms with Gasteiger partial charge in [-0.2, -0.15) is 5.26 Å². The smallest absolute Gasteiger partial charge is 0.252 e. The first-order valence-corrected chi connectivity index (χ1v) is 5.60. The first kappa shape index (κ1) is 12.3. The summed E-state index contributed by atoms with van der Waals surface area (Å²) in [6, 6.07) is 7.93. The molecule has 0 aliphatic heterocycles. The Kier molecular flexibility index (Phi) is 3.40. The minimum absolute atomic E-state index is 0.0470. The van der Waals surface area contributed by atoms with Gasteiger partial charge in [0, 0.05) is 10.6 Å². The van der Waals surface area contributed by atoms with Gasteiger partial charge in [-0.15, -0.1) is 5.10 Å². The van der Waals surface area contributed by atoms with Crippen LogP contribution in [0.1, 0.15) is 29.1 Å². The van der Waals surface area contributed by atoms with Gasteiger partial charge in [0.2, 0.25) is 0 Å². The third-order valence-corrected chi connectivity index (χ3v) is 2.77. The van der Waals surface area contributed by atoms with Crippen LogP contribution in [0.3, 0.4) is 0 Å². The van der Waals surface area contributed by atoms with Crippen molar-refractivity contribution >= 4 is 17.4 Å². The van der Waals surface area contributed by atoms with Crippen LogP contribution in [0.25, 0.3) is 0 Å². The van der Waals surface area contributed by atoms with E-state index in [0.717, 1.165) is 0 Å². The lowest BCUT2D eigenvalue weighted by Crippen LogP contribution is -2.17. The summed E-state index contributed by atoms with van der Waals surface area (Å²) >= 11 is 5.76. The second kappa shape index (κ2) is 4.98. The second-order valence-corrected chi connectivity index (χ2v) is 4.14. The second-order valence-electron chi connectivity index (χ2n) is 3.71. The normalized spacial score (nSPS) is 11.8. The summed E-state index contributed by atoms with van der Waals surface area (Å²) in [6.07, 6.45) is 1.37. The van der Waals surface area contributed by atoms with Crippen LogP contribution in [0.4, 0.5) is 0 Å². The molecule has 1 heterocycles. The van der Waals surface area contributed by atoms with Gasteiger partial charge in [0.1, 0.15) is 18.4 Å². The van der Waals surface area contributed by atoms with Gasteiger partial charge >= 0.3 is 0 Å². The van der Waals surface area contributed by atoms with Gasteiger partial charge in [-0.05, 0) is 31.2 Å². The number of carbonyl (C=O) groups excluding carboxylic acids is 1. The number of aromatic nitrogens is 3. The van der Waals surface area contributed by atoms with Gasteiger partial charge < -0.3 is 0 Å². The number of carbonyl (C=O) groups is 1. The van der Waals surface area contributed by atoms with E-state index in [1.165, 1.54) is 11.0 Å². The van der Waals surface area contributed by atoms with Gasteiger partial charge in [0.05, 0.1) is 0 Å². The molecule has 2 aromatic rings. The molecule has 1 unspecified atom stereocenters. The fraction of sp³-hybridized carbons (Fsp3) is 0.167. The highest BCUT2D eigenvalue weighted by atomic mass is 35.5. The quantitative estimate of drug-likeness (QED) is 0.794. The summed E-state index contributed by atoms with van der Waals surface area (Å²) < 4.78 is 1.37. The van der Waals surface area contributed by atoms with Gasteiger partial charge in [-0.25, -0.2) is 9.67 Å². The van der Waals surface area contributed by atoms with Crippen LogP contribution in [-0.4, -0.2) is 20.5 Å². The van der Waals surface area contributed by atoms with Crippen molar-refractivity contribution in [3.05, 3.63) is 47.0 Å². The molecule has 5 nitrogen and oxygen atoms in total. The molecule has 0 saturated carbocycles. The van der Waals surface area contributed by atoms with Crippen LogP contribution in [0.15, 0.2) is 30.6 Å². The highest BCUT2D eigenvalue weighted by Gasteiger charge is 2.18. The molecule has 0 spiro atoms. The Labute approximate surface area is 109 Å². The van der Waals surface area contributed by atoms with E-state index in [9.17, 15) is 4.79 Å². The van der Waals surface area contributed by atoms with Crippen LogP contribution in [0.5, 0.6) is 0 Å². The molecule has 0 aliphatic rings. The highest BCUT2D eigenvalue weighted by molar-refractivity contribution is 6.30. The first-order valence-electron chi connectivity index (χ1n) is 5.23. The van der Waals surface area contributed by atoms with E-state index in [1.54, 1.807) is 31.2 Å². The molecule has 0 bridgehead atoms. The number of nitrogens with zero attached hydrogens (tertiary/aromatic N) is 4. The molecule has 0 amide bonds. The van der Waals surface area contributed by atoms with Crippen LogP contribution < -0.4 is 0 Å². The van der Waals surface area contributed by atoms with Crippen LogP contribution >= 0.6 is 11.6 Å². The zero-order valence-corrected chi connectivity index (χ0v) is 10.3. The lowest BCUT2D eigenvalue weighted by Gasteiger charge is -2.10. The molecule has 1 atom stereocenters. The third-order valence-electron chi connectivity index (χ3n) is 2.51. The van der Waals surface area contributed by atoms with Gasteiger partial charge in [0.25, 0.3) is 5.82 Å². The van der Waals surface area contributed by atoms with Crippen LogP contribution in [0, 0.1) is 11.3 Å². The maximum absolute atomic E-state index is 12.1. The Bertz CT molecular complexity index is 612. The average Bonchev–Trinajstić information content (AvgIpc) is 2.86. The molecule has 0 fully saturated rings. The lowest BCUT2D eigenvalue weighted by molar-refractivity contribution is 0.0928. The molecule has 1 aromatic heterocycles. The van der Waals surface area contributed by atoms with E-state index < -0.39 is 6.04 Å². The third kappa shape index (κ3) is 2.39. The fourth-order valence-corrected chi connectivity index (χ4v) is 1.61. The summed E-state index contributed by atoms with van der Waals surface area (Å²) in [7, 11) is 0. The first-order chi connectivity index (χ1) is 8.61.